The zero-order valence-corrected chi connectivity index (χ0v) is 12.3. The summed E-state index contributed by atoms with van der Waals surface area (Å²) < 4.78 is 31.8. The van der Waals surface area contributed by atoms with E-state index in [0.717, 1.165) is 0 Å². The van der Waals surface area contributed by atoms with Crippen LogP contribution >= 0.6 is 0 Å². The first-order chi connectivity index (χ1) is 10.0. The van der Waals surface area contributed by atoms with Gasteiger partial charge in [0.15, 0.2) is 0 Å². The van der Waals surface area contributed by atoms with Crippen molar-refractivity contribution in [1.29, 1.82) is 0 Å². The van der Waals surface area contributed by atoms with Crippen molar-refractivity contribution in [3.05, 3.63) is 54.0 Å². The maximum absolute atomic E-state index is 12.2. The molecule has 0 saturated carbocycles. The smallest absolute Gasteiger partial charge is 0.251 e. The predicted molar refractivity (Wildman–Crippen MR) is 77.2 cm³/mol. The van der Waals surface area contributed by atoms with E-state index in [9.17, 15) is 13.2 Å². The second-order valence-electron chi connectivity index (χ2n) is 4.29. The molecule has 1 amide bonds. The molecule has 7 heteroatoms. The van der Waals surface area contributed by atoms with Crippen molar-refractivity contribution in [3.63, 3.8) is 0 Å². The Hall–Kier alpha value is -2.12. The second kappa shape index (κ2) is 6.55. The minimum Gasteiger partial charge on any atom is -0.468 e. The summed E-state index contributed by atoms with van der Waals surface area (Å²) in [6.07, 6.45) is 1.47. The minimum absolute atomic E-state index is 0.0396. The third-order valence-corrected chi connectivity index (χ3v) is 4.16. The van der Waals surface area contributed by atoms with Gasteiger partial charge in [0, 0.05) is 12.1 Å². The van der Waals surface area contributed by atoms with Gasteiger partial charge >= 0.3 is 0 Å². The van der Waals surface area contributed by atoms with E-state index in [-0.39, 0.29) is 17.3 Å². The summed E-state index contributed by atoms with van der Waals surface area (Å²) in [6, 6.07) is 9.23. The van der Waals surface area contributed by atoms with E-state index in [0.29, 0.717) is 17.9 Å². The Bertz CT molecular complexity index is 708. The lowest BCUT2D eigenvalue weighted by molar-refractivity contribution is 0.0955. The molecule has 0 aliphatic rings. The number of carbonyl (C=O) groups excluding carboxylic acids is 1. The Morgan fingerprint density at radius 3 is 2.71 bits per heavy atom. The quantitative estimate of drug-likeness (QED) is 0.846. The summed E-state index contributed by atoms with van der Waals surface area (Å²) in [5.74, 6) is 0.207. The molecule has 0 atom stereocenters. The normalized spacial score (nSPS) is 11.3. The Morgan fingerprint density at radius 1 is 1.24 bits per heavy atom. The van der Waals surface area contributed by atoms with E-state index in [4.69, 9.17) is 4.42 Å². The van der Waals surface area contributed by atoms with Crippen LogP contribution in [0.2, 0.25) is 0 Å². The SMILES string of the molecule is CCNC(=O)c1cccc(S(=O)(=O)NCc2ccco2)c1. The third kappa shape index (κ3) is 3.93. The van der Waals surface area contributed by atoms with Crippen molar-refractivity contribution in [2.24, 2.45) is 0 Å². The standard InChI is InChI=1S/C14H16N2O4S/c1-2-15-14(17)11-5-3-7-13(9-11)21(18,19)16-10-12-6-4-8-20-12/h3-9,16H,2,10H2,1H3,(H,15,17). The molecule has 6 nitrogen and oxygen atoms in total. The molecule has 21 heavy (non-hydrogen) atoms. The molecule has 2 rings (SSSR count). The number of rotatable bonds is 6. The maximum Gasteiger partial charge on any atom is 0.251 e. The number of hydrogen-bond donors (Lipinski definition) is 2. The van der Waals surface area contributed by atoms with E-state index >= 15 is 0 Å². The molecule has 0 fully saturated rings. The first kappa shape index (κ1) is 15.3. The van der Waals surface area contributed by atoms with Crippen LogP contribution in [0.15, 0.2) is 52.0 Å². The number of amides is 1. The summed E-state index contributed by atoms with van der Waals surface area (Å²) >= 11 is 0. The monoisotopic (exact) mass is 308 g/mol. The Kier molecular flexibility index (Phi) is 4.77. The number of furan rings is 1. The molecule has 112 valence electrons. The van der Waals surface area contributed by atoms with Gasteiger partial charge in [0.05, 0.1) is 17.7 Å². The molecular formula is C14H16N2O4S. The lowest BCUT2D eigenvalue weighted by atomic mass is 10.2. The number of carbonyl (C=O) groups is 1. The molecule has 2 aromatic rings. The van der Waals surface area contributed by atoms with Crippen LogP contribution in [-0.2, 0) is 16.6 Å². The number of sulfonamides is 1. The average molecular weight is 308 g/mol. The summed E-state index contributed by atoms with van der Waals surface area (Å²) in [6.45, 7) is 2.33. The van der Waals surface area contributed by atoms with E-state index in [1.807, 2.05) is 0 Å². The molecule has 0 unspecified atom stereocenters. The first-order valence-electron chi connectivity index (χ1n) is 6.43. The first-order valence-corrected chi connectivity index (χ1v) is 7.91. The Morgan fingerprint density at radius 2 is 2.05 bits per heavy atom. The van der Waals surface area contributed by atoms with Gasteiger partial charge in [-0.2, -0.15) is 0 Å². The summed E-state index contributed by atoms with van der Waals surface area (Å²) in [5.41, 5.74) is 0.303. The van der Waals surface area contributed by atoms with Crippen molar-refractivity contribution >= 4 is 15.9 Å². The fourth-order valence-electron chi connectivity index (χ4n) is 1.73. The molecule has 0 saturated heterocycles. The van der Waals surface area contributed by atoms with Crippen molar-refractivity contribution < 1.29 is 17.6 Å². The molecule has 2 N–H and O–H groups in total. The fourth-order valence-corrected chi connectivity index (χ4v) is 2.77. The van der Waals surface area contributed by atoms with Gasteiger partial charge in [0.1, 0.15) is 5.76 Å². The van der Waals surface area contributed by atoms with Crippen molar-refractivity contribution in [3.8, 4) is 0 Å². The van der Waals surface area contributed by atoms with E-state index < -0.39 is 10.0 Å². The van der Waals surface area contributed by atoms with Gasteiger partial charge in [-0.1, -0.05) is 6.07 Å². The summed E-state index contributed by atoms with van der Waals surface area (Å²) in [7, 11) is -3.70. The third-order valence-electron chi connectivity index (χ3n) is 2.76. The predicted octanol–water partition coefficient (Wildman–Crippen LogP) is 1.51. The number of nitrogens with one attached hydrogen (secondary N) is 2. The topological polar surface area (TPSA) is 88.4 Å². The van der Waals surface area contributed by atoms with Crippen LogP contribution in [0.1, 0.15) is 23.0 Å². The lowest BCUT2D eigenvalue weighted by Crippen LogP contribution is -2.25. The van der Waals surface area contributed by atoms with Crippen LogP contribution < -0.4 is 10.0 Å². The van der Waals surface area contributed by atoms with Crippen LogP contribution in [0, 0.1) is 0 Å². The summed E-state index contributed by atoms with van der Waals surface area (Å²) in [5, 5.41) is 2.63. The molecule has 0 bridgehead atoms. The van der Waals surface area contributed by atoms with Crippen molar-refractivity contribution in [2.75, 3.05) is 6.54 Å². The van der Waals surface area contributed by atoms with Gasteiger partial charge in [0.25, 0.3) is 5.91 Å². The highest BCUT2D eigenvalue weighted by atomic mass is 32.2. The van der Waals surface area contributed by atoms with Gasteiger partial charge in [0.2, 0.25) is 10.0 Å². The maximum atomic E-state index is 12.2. The Balaban J connectivity index is 2.16. The lowest BCUT2D eigenvalue weighted by Gasteiger charge is -2.07. The molecule has 1 aromatic heterocycles. The van der Waals surface area contributed by atoms with Crippen molar-refractivity contribution in [1.82, 2.24) is 10.0 Å². The van der Waals surface area contributed by atoms with Crippen LogP contribution in [0.4, 0.5) is 0 Å². The highest BCUT2D eigenvalue weighted by Crippen LogP contribution is 2.12. The molecule has 0 spiro atoms. The second-order valence-corrected chi connectivity index (χ2v) is 6.06. The van der Waals surface area contributed by atoms with Crippen molar-refractivity contribution in [2.45, 2.75) is 18.4 Å². The highest BCUT2D eigenvalue weighted by Gasteiger charge is 2.16. The van der Waals surface area contributed by atoms with Gasteiger partial charge in [-0.15, -0.1) is 0 Å². The zero-order valence-electron chi connectivity index (χ0n) is 11.5. The molecule has 0 aliphatic heterocycles. The van der Waals surface area contributed by atoms with E-state index in [1.54, 1.807) is 25.1 Å². The largest absolute Gasteiger partial charge is 0.468 e. The van der Waals surface area contributed by atoms with Crippen LogP contribution in [-0.4, -0.2) is 20.9 Å². The van der Waals surface area contributed by atoms with Crippen LogP contribution in [0.5, 0.6) is 0 Å². The molecule has 0 radical (unpaired) electrons. The molecule has 0 aliphatic carbocycles. The van der Waals surface area contributed by atoms with Gasteiger partial charge in [-0.05, 0) is 37.3 Å². The zero-order chi connectivity index (χ0) is 15.3. The van der Waals surface area contributed by atoms with Crippen LogP contribution in [0.3, 0.4) is 0 Å². The van der Waals surface area contributed by atoms with E-state index in [1.165, 1.54) is 24.5 Å². The number of benzene rings is 1. The van der Waals surface area contributed by atoms with Gasteiger partial charge in [-0.25, -0.2) is 13.1 Å². The minimum atomic E-state index is -3.70. The van der Waals surface area contributed by atoms with Crippen LogP contribution in [0.25, 0.3) is 0 Å². The van der Waals surface area contributed by atoms with Gasteiger partial charge in [-0.3, -0.25) is 4.79 Å². The molecule has 1 heterocycles. The summed E-state index contributed by atoms with van der Waals surface area (Å²) in [4.78, 5) is 11.8. The van der Waals surface area contributed by atoms with E-state index in [2.05, 4.69) is 10.0 Å². The van der Waals surface area contributed by atoms with Gasteiger partial charge < -0.3 is 9.73 Å². The average Bonchev–Trinajstić information content (AvgIpc) is 2.99. The highest BCUT2D eigenvalue weighted by molar-refractivity contribution is 7.89. The fraction of sp³-hybridized carbons (Fsp3) is 0.214. The Labute approximate surface area is 123 Å². The molecule has 1 aromatic carbocycles. The molecular weight excluding hydrogens is 292 g/mol. The number of hydrogen-bond acceptors (Lipinski definition) is 4.